The maximum atomic E-state index is 10.8. The maximum absolute atomic E-state index is 10.8. The number of carbonyl (C=O) groups excluding carboxylic acids is 1. The predicted molar refractivity (Wildman–Crippen MR) is 49.8 cm³/mol. The average molecular weight is 183 g/mol. The van der Waals surface area contributed by atoms with Crippen LogP contribution in [0.3, 0.4) is 0 Å². The molecule has 1 rings (SSSR count). The van der Waals surface area contributed by atoms with Crippen LogP contribution in [0, 0.1) is 0 Å². The van der Waals surface area contributed by atoms with E-state index in [0.29, 0.717) is 10.0 Å². The Hall–Kier alpha value is -1.36. The number of amides is 1. The number of allylic oxidation sites excluding steroid dienone is 1. The summed E-state index contributed by atoms with van der Waals surface area (Å²) in [5, 5.41) is 0.358. The second-order valence-electron chi connectivity index (χ2n) is 2.13. The summed E-state index contributed by atoms with van der Waals surface area (Å²) in [6.07, 6.45) is 3.56. The molecule has 0 atom stereocenters. The van der Waals surface area contributed by atoms with Crippen LogP contribution >= 0.6 is 11.3 Å². The summed E-state index contributed by atoms with van der Waals surface area (Å²) in [7, 11) is 0. The first-order valence-electron chi connectivity index (χ1n) is 3.34. The molecule has 4 N–H and O–H groups in total. The van der Waals surface area contributed by atoms with Crippen molar-refractivity contribution in [3.8, 4) is 0 Å². The van der Waals surface area contributed by atoms with Gasteiger partial charge in [0, 0.05) is 0 Å². The Morgan fingerprint density at radius 1 is 1.67 bits per heavy atom. The molecule has 1 aromatic rings. The van der Waals surface area contributed by atoms with Crippen molar-refractivity contribution < 1.29 is 4.79 Å². The van der Waals surface area contributed by atoms with Gasteiger partial charge in [-0.3, -0.25) is 4.79 Å². The highest BCUT2D eigenvalue weighted by Gasteiger charge is 2.11. The molecule has 5 heteroatoms. The fourth-order valence-corrected chi connectivity index (χ4v) is 1.60. The Balaban J connectivity index is 3.17. The van der Waals surface area contributed by atoms with Gasteiger partial charge >= 0.3 is 0 Å². The molecule has 0 saturated heterocycles. The molecule has 4 nitrogen and oxygen atoms in total. The fraction of sp³-hybridized carbons (Fsp3) is 0.143. The van der Waals surface area contributed by atoms with Gasteiger partial charge in [-0.1, -0.05) is 17.4 Å². The average Bonchev–Trinajstić information content (AvgIpc) is 2.32. The minimum absolute atomic E-state index is 0.246. The zero-order chi connectivity index (χ0) is 9.14. The third-order valence-electron chi connectivity index (χ3n) is 1.22. The molecule has 0 spiro atoms. The zero-order valence-corrected chi connectivity index (χ0v) is 7.39. The summed E-state index contributed by atoms with van der Waals surface area (Å²) in [5.74, 6) is -0.545. The number of rotatable bonds is 2. The summed E-state index contributed by atoms with van der Waals surface area (Å²) in [6, 6.07) is 0. The largest absolute Gasteiger partial charge is 0.375 e. The van der Waals surface area contributed by atoms with Crippen LogP contribution < -0.4 is 11.5 Å². The SMILES string of the molecule is C/C=C\c1sc(N)nc1C(N)=O. The molecular weight excluding hydrogens is 174 g/mol. The van der Waals surface area contributed by atoms with Gasteiger partial charge in [0.15, 0.2) is 5.13 Å². The van der Waals surface area contributed by atoms with Crippen molar-refractivity contribution in [3.63, 3.8) is 0 Å². The Bertz CT molecular complexity index is 329. The molecule has 0 saturated carbocycles. The zero-order valence-electron chi connectivity index (χ0n) is 6.57. The Kier molecular flexibility index (Phi) is 2.44. The van der Waals surface area contributed by atoms with Crippen LogP contribution in [0.4, 0.5) is 5.13 Å². The van der Waals surface area contributed by atoms with Gasteiger partial charge in [-0.05, 0) is 13.0 Å². The molecule has 1 amide bonds. The second-order valence-corrected chi connectivity index (χ2v) is 3.19. The van der Waals surface area contributed by atoms with Crippen molar-refractivity contribution >= 4 is 28.5 Å². The summed E-state index contributed by atoms with van der Waals surface area (Å²) >= 11 is 1.25. The number of nitrogen functional groups attached to an aromatic ring is 1. The van der Waals surface area contributed by atoms with Gasteiger partial charge in [0.25, 0.3) is 5.91 Å². The highest BCUT2D eigenvalue weighted by Crippen LogP contribution is 2.21. The van der Waals surface area contributed by atoms with Gasteiger partial charge in [-0.25, -0.2) is 4.98 Å². The molecule has 64 valence electrons. The normalized spacial score (nSPS) is 10.8. The van der Waals surface area contributed by atoms with E-state index >= 15 is 0 Å². The standard InChI is InChI=1S/C7H9N3OS/c1-2-3-4-5(6(8)11)10-7(9)12-4/h2-3H,1H3,(H2,8,11)(H2,9,10)/b3-2-. The summed E-state index contributed by atoms with van der Waals surface area (Å²) in [5.41, 5.74) is 10.7. The van der Waals surface area contributed by atoms with Crippen molar-refractivity contribution in [1.29, 1.82) is 0 Å². The lowest BCUT2D eigenvalue weighted by atomic mass is 10.3. The number of nitrogens with two attached hydrogens (primary N) is 2. The van der Waals surface area contributed by atoms with Crippen LogP contribution in [0.1, 0.15) is 22.3 Å². The van der Waals surface area contributed by atoms with E-state index in [2.05, 4.69) is 4.98 Å². The van der Waals surface area contributed by atoms with E-state index in [4.69, 9.17) is 11.5 Å². The number of nitrogens with zero attached hydrogens (tertiary/aromatic N) is 1. The van der Waals surface area contributed by atoms with Crippen molar-refractivity contribution in [3.05, 3.63) is 16.6 Å². The monoisotopic (exact) mass is 183 g/mol. The third kappa shape index (κ3) is 1.62. The van der Waals surface area contributed by atoms with Gasteiger partial charge in [-0.15, -0.1) is 0 Å². The smallest absolute Gasteiger partial charge is 0.268 e. The highest BCUT2D eigenvalue weighted by molar-refractivity contribution is 7.16. The summed E-state index contributed by atoms with van der Waals surface area (Å²) in [4.78, 5) is 15.3. The lowest BCUT2D eigenvalue weighted by molar-refractivity contribution is 0.0996. The van der Waals surface area contributed by atoms with E-state index in [1.54, 1.807) is 12.2 Å². The number of hydrogen-bond donors (Lipinski definition) is 2. The van der Waals surface area contributed by atoms with Crippen molar-refractivity contribution in [2.45, 2.75) is 6.92 Å². The van der Waals surface area contributed by atoms with E-state index < -0.39 is 5.91 Å². The molecule has 0 aromatic carbocycles. The van der Waals surface area contributed by atoms with Crippen LogP contribution in [0.25, 0.3) is 6.08 Å². The number of thiazole rings is 1. The number of aromatic nitrogens is 1. The molecule has 12 heavy (non-hydrogen) atoms. The van der Waals surface area contributed by atoms with E-state index in [1.807, 2.05) is 6.92 Å². The first-order valence-corrected chi connectivity index (χ1v) is 4.15. The van der Waals surface area contributed by atoms with Crippen LogP contribution in [0.2, 0.25) is 0 Å². The number of hydrogen-bond acceptors (Lipinski definition) is 4. The van der Waals surface area contributed by atoms with Crippen LogP contribution in [0.15, 0.2) is 6.08 Å². The molecule has 0 aliphatic heterocycles. The Morgan fingerprint density at radius 3 is 2.83 bits per heavy atom. The molecule has 0 aliphatic rings. The van der Waals surface area contributed by atoms with E-state index in [0.717, 1.165) is 0 Å². The van der Waals surface area contributed by atoms with Gasteiger partial charge in [-0.2, -0.15) is 0 Å². The molecule has 1 heterocycles. The highest BCUT2D eigenvalue weighted by atomic mass is 32.1. The van der Waals surface area contributed by atoms with E-state index in [1.165, 1.54) is 11.3 Å². The van der Waals surface area contributed by atoms with Gasteiger partial charge in [0.05, 0.1) is 4.88 Å². The predicted octanol–water partition coefficient (Wildman–Crippen LogP) is 0.857. The van der Waals surface area contributed by atoms with Crippen molar-refractivity contribution in [2.75, 3.05) is 5.73 Å². The van der Waals surface area contributed by atoms with Crippen molar-refractivity contribution in [2.24, 2.45) is 5.73 Å². The molecular formula is C7H9N3OS. The minimum atomic E-state index is -0.545. The number of anilines is 1. The lowest BCUT2D eigenvalue weighted by Gasteiger charge is -1.88. The second kappa shape index (κ2) is 3.36. The Labute approximate surface area is 73.9 Å². The summed E-state index contributed by atoms with van der Waals surface area (Å²) in [6.45, 7) is 1.85. The molecule has 1 aromatic heterocycles. The van der Waals surface area contributed by atoms with Gasteiger partial charge in [0.2, 0.25) is 0 Å². The number of primary amides is 1. The first kappa shape index (κ1) is 8.73. The molecule has 0 fully saturated rings. The van der Waals surface area contributed by atoms with Gasteiger partial charge in [0.1, 0.15) is 5.69 Å². The maximum Gasteiger partial charge on any atom is 0.268 e. The first-order chi connectivity index (χ1) is 5.65. The van der Waals surface area contributed by atoms with Crippen LogP contribution in [-0.2, 0) is 0 Å². The third-order valence-corrected chi connectivity index (χ3v) is 2.07. The summed E-state index contributed by atoms with van der Waals surface area (Å²) < 4.78 is 0. The topological polar surface area (TPSA) is 82.0 Å². The van der Waals surface area contributed by atoms with E-state index in [9.17, 15) is 4.79 Å². The van der Waals surface area contributed by atoms with Gasteiger partial charge < -0.3 is 11.5 Å². The Morgan fingerprint density at radius 2 is 2.33 bits per heavy atom. The molecule has 0 aliphatic carbocycles. The van der Waals surface area contributed by atoms with Crippen LogP contribution in [0.5, 0.6) is 0 Å². The fourth-order valence-electron chi connectivity index (χ4n) is 0.790. The quantitative estimate of drug-likeness (QED) is 0.713. The van der Waals surface area contributed by atoms with Crippen molar-refractivity contribution in [1.82, 2.24) is 4.98 Å². The van der Waals surface area contributed by atoms with E-state index in [-0.39, 0.29) is 5.69 Å². The molecule has 0 radical (unpaired) electrons. The lowest BCUT2D eigenvalue weighted by Crippen LogP contribution is -2.12. The number of carbonyl (C=O) groups is 1. The minimum Gasteiger partial charge on any atom is -0.375 e. The van der Waals surface area contributed by atoms with Crippen LogP contribution in [-0.4, -0.2) is 10.9 Å². The molecule has 0 unspecified atom stereocenters. The molecule has 0 bridgehead atoms.